The Kier molecular flexibility index (Phi) is 2.63. The molecular formula is C10H10N4O2. The number of aromatic nitrogens is 1. The minimum absolute atomic E-state index is 0.200. The van der Waals surface area contributed by atoms with Gasteiger partial charge in [0.05, 0.1) is 6.54 Å². The monoisotopic (exact) mass is 218 g/mol. The molecule has 1 saturated heterocycles. The molecule has 2 rings (SSSR count). The third-order valence-electron chi connectivity index (χ3n) is 2.21. The number of aryl methyl sites for hydroxylation is 1. The van der Waals surface area contributed by atoms with Gasteiger partial charge in [0, 0.05) is 12.4 Å². The molecule has 2 heterocycles. The second-order valence-corrected chi connectivity index (χ2v) is 3.38. The zero-order valence-corrected chi connectivity index (χ0v) is 8.65. The highest BCUT2D eigenvalue weighted by molar-refractivity contribution is 6.45. The molecule has 0 aliphatic carbocycles. The molecule has 2 N–H and O–H groups in total. The molecule has 0 bridgehead atoms. The molecule has 1 fully saturated rings. The quantitative estimate of drug-likeness (QED) is 0.656. The van der Waals surface area contributed by atoms with Crippen LogP contribution in [0.1, 0.15) is 11.1 Å². The Morgan fingerprint density at radius 3 is 2.62 bits per heavy atom. The van der Waals surface area contributed by atoms with E-state index >= 15 is 0 Å². The fraction of sp³-hybridized carbons (Fsp3) is 0.200. The molecule has 16 heavy (non-hydrogen) atoms. The Morgan fingerprint density at radius 2 is 2.00 bits per heavy atom. The molecule has 0 atom stereocenters. The maximum Gasteiger partial charge on any atom is 0.316 e. The molecule has 1 aliphatic rings. The van der Waals surface area contributed by atoms with E-state index in [1.807, 2.05) is 13.0 Å². The van der Waals surface area contributed by atoms with Gasteiger partial charge in [-0.2, -0.15) is 0 Å². The zero-order chi connectivity index (χ0) is 11.5. The molecular weight excluding hydrogens is 208 g/mol. The Bertz CT molecular complexity index is 463. The van der Waals surface area contributed by atoms with Crippen molar-refractivity contribution in [1.82, 2.24) is 15.6 Å². The number of nitrogens with zero attached hydrogens (tertiary/aromatic N) is 2. The van der Waals surface area contributed by atoms with E-state index in [0.717, 1.165) is 11.1 Å². The number of pyridine rings is 1. The predicted octanol–water partition coefficient (Wildman–Crippen LogP) is -0.508. The van der Waals surface area contributed by atoms with Crippen molar-refractivity contribution >= 4 is 17.8 Å². The Morgan fingerprint density at radius 1 is 1.31 bits per heavy atom. The molecule has 1 aromatic rings. The lowest BCUT2D eigenvalue weighted by Gasteiger charge is -2.01. The fourth-order valence-corrected chi connectivity index (χ4v) is 1.28. The first-order chi connectivity index (χ1) is 7.66. The van der Waals surface area contributed by atoms with Gasteiger partial charge in [-0.1, -0.05) is 0 Å². The molecule has 1 aromatic heterocycles. The minimum Gasteiger partial charge on any atom is -0.288 e. The Balaban J connectivity index is 2.08. The molecule has 0 radical (unpaired) electrons. The van der Waals surface area contributed by atoms with Gasteiger partial charge < -0.3 is 0 Å². The van der Waals surface area contributed by atoms with Gasteiger partial charge in [-0.05, 0) is 24.1 Å². The van der Waals surface area contributed by atoms with Crippen molar-refractivity contribution in [3.63, 3.8) is 0 Å². The SMILES string of the molecule is Cc1cnccc1CN=C1NC(=O)C(=O)N1. The van der Waals surface area contributed by atoms with E-state index in [-0.39, 0.29) is 5.96 Å². The van der Waals surface area contributed by atoms with E-state index in [9.17, 15) is 9.59 Å². The topological polar surface area (TPSA) is 83.5 Å². The van der Waals surface area contributed by atoms with Crippen LogP contribution in [0.3, 0.4) is 0 Å². The second kappa shape index (κ2) is 4.09. The third-order valence-corrected chi connectivity index (χ3v) is 2.21. The molecule has 0 spiro atoms. The van der Waals surface area contributed by atoms with Crippen molar-refractivity contribution in [3.05, 3.63) is 29.6 Å². The Hall–Kier alpha value is -2.24. The van der Waals surface area contributed by atoms with E-state index in [1.165, 1.54) is 0 Å². The molecule has 82 valence electrons. The van der Waals surface area contributed by atoms with Gasteiger partial charge in [0.1, 0.15) is 0 Å². The van der Waals surface area contributed by atoms with E-state index in [1.54, 1.807) is 12.4 Å². The molecule has 6 nitrogen and oxygen atoms in total. The first-order valence-electron chi connectivity index (χ1n) is 4.73. The maximum atomic E-state index is 10.8. The first kappa shape index (κ1) is 10.3. The second-order valence-electron chi connectivity index (χ2n) is 3.38. The number of aliphatic imine (C=N–C) groups is 1. The standard InChI is InChI=1S/C10H10N4O2/c1-6-4-11-3-2-7(6)5-12-10-13-8(15)9(16)14-10/h2-4H,5H2,1H3,(H2,12,13,14,15,16). The Labute approximate surface area is 91.8 Å². The highest BCUT2D eigenvalue weighted by Crippen LogP contribution is 2.06. The van der Waals surface area contributed by atoms with Crippen molar-refractivity contribution in [2.75, 3.05) is 0 Å². The van der Waals surface area contributed by atoms with Crippen LogP contribution in [0.15, 0.2) is 23.5 Å². The van der Waals surface area contributed by atoms with Gasteiger partial charge in [0.2, 0.25) is 5.96 Å². The molecule has 1 aliphatic heterocycles. The van der Waals surface area contributed by atoms with Crippen molar-refractivity contribution in [2.45, 2.75) is 13.5 Å². The lowest BCUT2D eigenvalue weighted by Crippen LogP contribution is -2.25. The van der Waals surface area contributed by atoms with Crippen molar-refractivity contribution in [2.24, 2.45) is 4.99 Å². The zero-order valence-electron chi connectivity index (χ0n) is 8.65. The first-order valence-corrected chi connectivity index (χ1v) is 4.73. The van der Waals surface area contributed by atoms with Crippen LogP contribution in [0.2, 0.25) is 0 Å². The highest BCUT2D eigenvalue weighted by Gasteiger charge is 2.24. The van der Waals surface area contributed by atoms with Gasteiger partial charge in [0.15, 0.2) is 0 Å². The van der Waals surface area contributed by atoms with Gasteiger partial charge in [0.25, 0.3) is 0 Å². The lowest BCUT2D eigenvalue weighted by molar-refractivity contribution is -0.135. The summed E-state index contributed by atoms with van der Waals surface area (Å²) in [5.74, 6) is -1.15. The molecule has 6 heteroatoms. The number of rotatable bonds is 2. The third kappa shape index (κ3) is 2.05. The number of carbonyl (C=O) groups excluding carboxylic acids is 2. The fourth-order valence-electron chi connectivity index (χ4n) is 1.28. The van der Waals surface area contributed by atoms with Crippen LogP contribution in [-0.4, -0.2) is 22.8 Å². The number of hydrogen-bond acceptors (Lipinski definition) is 4. The van der Waals surface area contributed by atoms with Gasteiger partial charge >= 0.3 is 11.8 Å². The number of guanidine groups is 1. The van der Waals surface area contributed by atoms with Crippen LogP contribution in [0, 0.1) is 6.92 Å². The van der Waals surface area contributed by atoms with Crippen LogP contribution in [0.4, 0.5) is 0 Å². The summed E-state index contributed by atoms with van der Waals surface area (Å²) in [4.78, 5) is 29.7. The molecule has 0 saturated carbocycles. The summed E-state index contributed by atoms with van der Waals surface area (Å²) in [6.45, 7) is 2.32. The van der Waals surface area contributed by atoms with E-state index < -0.39 is 11.8 Å². The summed E-state index contributed by atoms with van der Waals surface area (Å²) in [7, 11) is 0. The molecule has 2 amide bonds. The van der Waals surface area contributed by atoms with Crippen molar-refractivity contribution in [1.29, 1.82) is 0 Å². The van der Waals surface area contributed by atoms with Crippen LogP contribution >= 0.6 is 0 Å². The summed E-state index contributed by atoms with van der Waals surface area (Å²) < 4.78 is 0. The van der Waals surface area contributed by atoms with Crippen LogP contribution in [-0.2, 0) is 16.1 Å². The van der Waals surface area contributed by atoms with Crippen LogP contribution < -0.4 is 10.6 Å². The maximum absolute atomic E-state index is 10.8. The normalized spacial score (nSPS) is 14.7. The van der Waals surface area contributed by atoms with Crippen molar-refractivity contribution in [3.8, 4) is 0 Å². The predicted molar refractivity (Wildman–Crippen MR) is 56.4 cm³/mol. The van der Waals surface area contributed by atoms with E-state index in [0.29, 0.717) is 6.54 Å². The lowest BCUT2D eigenvalue weighted by atomic mass is 10.2. The van der Waals surface area contributed by atoms with Crippen molar-refractivity contribution < 1.29 is 9.59 Å². The van der Waals surface area contributed by atoms with Crippen LogP contribution in [0.25, 0.3) is 0 Å². The minimum atomic E-state index is -0.676. The van der Waals surface area contributed by atoms with E-state index in [4.69, 9.17) is 0 Å². The summed E-state index contributed by atoms with van der Waals surface area (Å²) in [6.07, 6.45) is 3.41. The average molecular weight is 218 g/mol. The smallest absolute Gasteiger partial charge is 0.288 e. The van der Waals surface area contributed by atoms with Crippen LogP contribution in [0.5, 0.6) is 0 Å². The average Bonchev–Trinajstić information content (AvgIpc) is 2.57. The summed E-state index contributed by atoms with van der Waals surface area (Å²) >= 11 is 0. The summed E-state index contributed by atoms with van der Waals surface area (Å²) in [5.41, 5.74) is 2.01. The van der Waals surface area contributed by atoms with E-state index in [2.05, 4.69) is 20.6 Å². The summed E-state index contributed by atoms with van der Waals surface area (Å²) in [6, 6.07) is 1.85. The molecule has 0 aromatic carbocycles. The van der Waals surface area contributed by atoms with Gasteiger partial charge in [-0.3, -0.25) is 25.2 Å². The number of hydrogen-bond donors (Lipinski definition) is 2. The number of carbonyl (C=O) groups is 2. The van der Waals surface area contributed by atoms with Gasteiger partial charge in [-0.15, -0.1) is 0 Å². The van der Waals surface area contributed by atoms with Gasteiger partial charge in [-0.25, -0.2) is 4.99 Å². The number of nitrogens with one attached hydrogen (secondary N) is 2. The number of amides is 2. The largest absolute Gasteiger partial charge is 0.316 e. The molecule has 0 unspecified atom stereocenters. The highest BCUT2D eigenvalue weighted by atomic mass is 16.2. The summed E-state index contributed by atoms with van der Waals surface area (Å²) in [5, 5.41) is 4.66.